The third-order valence-electron chi connectivity index (χ3n) is 3.23. The molecule has 0 spiro atoms. The maximum absolute atomic E-state index is 12.0. The lowest BCUT2D eigenvalue weighted by Gasteiger charge is -2.13. The fraction of sp³-hybridized carbons (Fsp3) is 0.667. The molecule has 2 N–H and O–H groups in total. The van der Waals surface area contributed by atoms with Crippen LogP contribution in [0.2, 0.25) is 0 Å². The Balaban J connectivity index is 1.71. The molecule has 0 fully saturated rings. The van der Waals surface area contributed by atoms with Gasteiger partial charge in [-0.2, -0.15) is 0 Å². The molecule has 1 aliphatic carbocycles. The Morgan fingerprint density at radius 1 is 1.45 bits per heavy atom. The number of hydrogen-bond donors (Lipinski definition) is 2. The molecule has 1 aromatic heterocycles. The lowest BCUT2D eigenvalue weighted by molar-refractivity contribution is 0.0259. The quantitative estimate of drug-likeness (QED) is 0.809. The number of hydrogen-bond acceptors (Lipinski definition) is 4. The summed E-state index contributed by atoms with van der Waals surface area (Å²) in [6, 6.07) is 1.99. The van der Waals surface area contributed by atoms with Crippen molar-refractivity contribution in [2.24, 2.45) is 5.92 Å². The number of aryl methyl sites for hydroxylation is 2. The SMILES string of the molecule is CC(C)COCC(O)CNC(=O)c1cc2c(s1)CCC2. The summed E-state index contributed by atoms with van der Waals surface area (Å²) in [5, 5.41) is 12.5. The van der Waals surface area contributed by atoms with Crippen LogP contribution in [0.25, 0.3) is 0 Å². The summed E-state index contributed by atoms with van der Waals surface area (Å²) in [6.45, 7) is 5.25. The highest BCUT2D eigenvalue weighted by atomic mass is 32.1. The molecule has 5 heteroatoms. The molecule has 1 amide bonds. The molecule has 4 nitrogen and oxygen atoms in total. The van der Waals surface area contributed by atoms with Gasteiger partial charge in [-0.3, -0.25) is 4.79 Å². The number of aliphatic hydroxyl groups is 1. The minimum atomic E-state index is -0.649. The topological polar surface area (TPSA) is 58.6 Å². The van der Waals surface area contributed by atoms with Crippen LogP contribution in [-0.4, -0.2) is 36.9 Å². The van der Waals surface area contributed by atoms with Crippen LogP contribution < -0.4 is 5.32 Å². The molecule has 112 valence electrons. The summed E-state index contributed by atoms with van der Waals surface area (Å²) in [7, 11) is 0. The fourth-order valence-corrected chi connectivity index (χ4v) is 3.41. The van der Waals surface area contributed by atoms with E-state index in [-0.39, 0.29) is 19.1 Å². The number of ether oxygens (including phenoxy) is 1. The Bertz CT molecular complexity index is 434. The fourth-order valence-electron chi connectivity index (χ4n) is 2.24. The van der Waals surface area contributed by atoms with Gasteiger partial charge in [0, 0.05) is 18.0 Å². The number of carbonyl (C=O) groups excluding carboxylic acids is 1. The van der Waals surface area contributed by atoms with Gasteiger partial charge < -0.3 is 15.2 Å². The van der Waals surface area contributed by atoms with E-state index in [4.69, 9.17) is 4.74 Å². The Labute approximate surface area is 124 Å². The number of fused-ring (bicyclic) bond motifs is 1. The molecule has 1 aliphatic rings. The van der Waals surface area contributed by atoms with E-state index in [0.29, 0.717) is 12.5 Å². The van der Waals surface area contributed by atoms with E-state index < -0.39 is 6.10 Å². The van der Waals surface area contributed by atoms with Gasteiger partial charge in [0.25, 0.3) is 5.91 Å². The standard InChI is InChI=1S/C15H23NO3S/c1-10(2)8-19-9-12(17)7-16-15(18)14-6-11-4-3-5-13(11)20-14/h6,10,12,17H,3-5,7-9H2,1-2H3,(H,16,18). The highest BCUT2D eigenvalue weighted by Crippen LogP contribution is 2.30. The van der Waals surface area contributed by atoms with E-state index >= 15 is 0 Å². The van der Waals surface area contributed by atoms with E-state index in [0.717, 1.165) is 17.7 Å². The average Bonchev–Trinajstić information content (AvgIpc) is 2.96. The number of thiophene rings is 1. The number of amides is 1. The van der Waals surface area contributed by atoms with Crippen LogP contribution in [0.1, 0.15) is 40.4 Å². The van der Waals surface area contributed by atoms with E-state index in [1.807, 2.05) is 6.07 Å². The highest BCUT2D eigenvalue weighted by molar-refractivity contribution is 7.14. The lowest BCUT2D eigenvalue weighted by Crippen LogP contribution is -2.34. The summed E-state index contributed by atoms with van der Waals surface area (Å²) < 4.78 is 5.35. The van der Waals surface area contributed by atoms with Gasteiger partial charge in [0.05, 0.1) is 17.6 Å². The normalized spacial score (nSPS) is 15.4. The molecule has 0 saturated carbocycles. The van der Waals surface area contributed by atoms with Crippen molar-refractivity contribution in [1.29, 1.82) is 0 Å². The van der Waals surface area contributed by atoms with Crippen molar-refractivity contribution in [3.63, 3.8) is 0 Å². The summed E-state index contributed by atoms with van der Waals surface area (Å²) in [4.78, 5) is 14.1. The van der Waals surface area contributed by atoms with Crippen molar-refractivity contribution in [1.82, 2.24) is 5.32 Å². The van der Waals surface area contributed by atoms with Crippen LogP contribution in [0.15, 0.2) is 6.07 Å². The van der Waals surface area contributed by atoms with Crippen LogP contribution in [0, 0.1) is 5.92 Å². The maximum Gasteiger partial charge on any atom is 0.261 e. The molecular formula is C15H23NO3S. The van der Waals surface area contributed by atoms with E-state index in [9.17, 15) is 9.90 Å². The molecule has 1 unspecified atom stereocenters. The third-order valence-corrected chi connectivity index (χ3v) is 4.47. The van der Waals surface area contributed by atoms with Crippen LogP contribution in [0.4, 0.5) is 0 Å². The molecule has 0 radical (unpaired) electrons. The van der Waals surface area contributed by atoms with Gasteiger partial charge in [0.15, 0.2) is 0 Å². The molecule has 0 saturated heterocycles. The summed E-state index contributed by atoms with van der Waals surface area (Å²) in [6.07, 6.45) is 2.74. The van der Waals surface area contributed by atoms with Crippen molar-refractivity contribution in [2.75, 3.05) is 19.8 Å². The number of aliphatic hydroxyl groups excluding tert-OH is 1. The minimum absolute atomic E-state index is 0.0905. The smallest absolute Gasteiger partial charge is 0.261 e. The molecular weight excluding hydrogens is 274 g/mol. The van der Waals surface area contributed by atoms with Crippen LogP contribution in [0.3, 0.4) is 0 Å². The molecule has 1 heterocycles. The zero-order chi connectivity index (χ0) is 14.5. The zero-order valence-corrected chi connectivity index (χ0v) is 13.0. The molecule has 1 atom stereocenters. The highest BCUT2D eigenvalue weighted by Gasteiger charge is 2.18. The predicted octanol–water partition coefficient (Wildman–Crippen LogP) is 2.00. The van der Waals surface area contributed by atoms with Gasteiger partial charge in [0.1, 0.15) is 0 Å². The zero-order valence-electron chi connectivity index (χ0n) is 12.1. The van der Waals surface area contributed by atoms with E-state index in [1.54, 1.807) is 11.3 Å². The Morgan fingerprint density at radius 3 is 2.95 bits per heavy atom. The van der Waals surface area contributed by atoms with Crippen molar-refractivity contribution < 1.29 is 14.6 Å². The molecule has 1 aromatic rings. The van der Waals surface area contributed by atoms with Gasteiger partial charge in [-0.1, -0.05) is 13.8 Å². The van der Waals surface area contributed by atoms with Gasteiger partial charge in [0.2, 0.25) is 0 Å². The Hall–Kier alpha value is -0.910. The van der Waals surface area contributed by atoms with Crippen LogP contribution in [0.5, 0.6) is 0 Å². The largest absolute Gasteiger partial charge is 0.389 e. The summed E-state index contributed by atoms with van der Waals surface area (Å²) in [5.74, 6) is 0.359. The van der Waals surface area contributed by atoms with Gasteiger partial charge in [-0.25, -0.2) is 0 Å². The molecule has 20 heavy (non-hydrogen) atoms. The summed E-state index contributed by atoms with van der Waals surface area (Å²) in [5.41, 5.74) is 1.32. The van der Waals surface area contributed by atoms with E-state index in [1.165, 1.54) is 16.9 Å². The van der Waals surface area contributed by atoms with Gasteiger partial charge in [-0.05, 0) is 36.8 Å². The van der Waals surface area contributed by atoms with E-state index in [2.05, 4.69) is 19.2 Å². The first kappa shape index (κ1) is 15.5. The second kappa shape index (κ2) is 7.20. The number of rotatable bonds is 7. The second-order valence-corrected chi connectivity index (χ2v) is 6.84. The van der Waals surface area contributed by atoms with Crippen LogP contribution in [-0.2, 0) is 17.6 Å². The summed E-state index contributed by atoms with van der Waals surface area (Å²) >= 11 is 1.58. The first-order chi connectivity index (χ1) is 9.56. The first-order valence-electron chi connectivity index (χ1n) is 7.22. The molecule has 0 aromatic carbocycles. The molecule has 0 aliphatic heterocycles. The Kier molecular flexibility index (Phi) is 5.57. The number of nitrogens with one attached hydrogen (secondary N) is 1. The Morgan fingerprint density at radius 2 is 2.25 bits per heavy atom. The van der Waals surface area contributed by atoms with Gasteiger partial charge >= 0.3 is 0 Å². The molecule has 0 bridgehead atoms. The predicted molar refractivity (Wildman–Crippen MR) is 80.3 cm³/mol. The van der Waals surface area contributed by atoms with Crippen molar-refractivity contribution in [2.45, 2.75) is 39.2 Å². The monoisotopic (exact) mass is 297 g/mol. The first-order valence-corrected chi connectivity index (χ1v) is 8.03. The van der Waals surface area contributed by atoms with Crippen molar-refractivity contribution >= 4 is 17.2 Å². The minimum Gasteiger partial charge on any atom is -0.389 e. The average molecular weight is 297 g/mol. The second-order valence-electron chi connectivity index (χ2n) is 5.71. The third kappa shape index (κ3) is 4.30. The maximum atomic E-state index is 12.0. The van der Waals surface area contributed by atoms with Crippen molar-refractivity contribution in [3.8, 4) is 0 Å². The van der Waals surface area contributed by atoms with Crippen LogP contribution >= 0.6 is 11.3 Å². The molecule has 2 rings (SSSR count). The number of carbonyl (C=O) groups is 1. The lowest BCUT2D eigenvalue weighted by atomic mass is 10.2. The van der Waals surface area contributed by atoms with Gasteiger partial charge in [-0.15, -0.1) is 11.3 Å². The van der Waals surface area contributed by atoms with Crippen molar-refractivity contribution in [3.05, 3.63) is 21.4 Å².